The number of halogens is 1. The fourth-order valence-corrected chi connectivity index (χ4v) is 1.37. The molecule has 2 heteroatoms. The van der Waals surface area contributed by atoms with Crippen LogP contribution in [0.3, 0.4) is 0 Å². The highest BCUT2D eigenvalue weighted by Gasteiger charge is 2.01. The van der Waals surface area contributed by atoms with Crippen LogP contribution in [0.15, 0.2) is 42.6 Å². The number of benzene rings is 1. The molecule has 1 aromatic carbocycles. The van der Waals surface area contributed by atoms with Crippen LogP contribution in [0.1, 0.15) is 0 Å². The predicted octanol–water partition coefficient (Wildman–Crippen LogP) is 3.20. The SMILES string of the molecule is Clc1ccccc1-c1c[c]ccn1. The molecule has 0 bridgehead atoms. The predicted molar refractivity (Wildman–Crippen MR) is 53.5 cm³/mol. The summed E-state index contributed by atoms with van der Waals surface area (Å²) in [6.07, 6.45) is 1.71. The summed E-state index contributed by atoms with van der Waals surface area (Å²) < 4.78 is 0. The summed E-state index contributed by atoms with van der Waals surface area (Å²) in [5.74, 6) is 0. The molecule has 0 aliphatic rings. The Morgan fingerprint density at radius 3 is 2.77 bits per heavy atom. The van der Waals surface area contributed by atoms with Crippen molar-refractivity contribution >= 4 is 11.6 Å². The largest absolute Gasteiger partial charge is 0.256 e. The van der Waals surface area contributed by atoms with Gasteiger partial charge in [-0.15, -0.1) is 0 Å². The van der Waals surface area contributed by atoms with E-state index in [0.717, 1.165) is 16.3 Å². The fraction of sp³-hybridized carbons (Fsp3) is 0. The van der Waals surface area contributed by atoms with E-state index in [0.29, 0.717) is 0 Å². The summed E-state index contributed by atoms with van der Waals surface area (Å²) in [5.41, 5.74) is 1.80. The Morgan fingerprint density at radius 1 is 1.23 bits per heavy atom. The highest BCUT2D eigenvalue weighted by Crippen LogP contribution is 2.24. The third kappa shape index (κ3) is 1.70. The number of hydrogen-bond acceptors (Lipinski definition) is 1. The number of aromatic nitrogens is 1. The Kier molecular flexibility index (Phi) is 2.28. The Bertz CT molecular complexity index is 398. The van der Waals surface area contributed by atoms with Crippen LogP contribution in [0.2, 0.25) is 5.02 Å². The van der Waals surface area contributed by atoms with Crippen molar-refractivity contribution in [1.29, 1.82) is 0 Å². The lowest BCUT2D eigenvalue weighted by Crippen LogP contribution is -1.82. The molecule has 2 aromatic rings. The molecule has 1 aromatic heterocycles. The molecule has 63 valence electrons. The van der Waals surface area contributed by atoms with E-state index in [4.69, 9.17) is 11.6 Å². The van der Waals surface area contributed by atoms with Gasteiger partial charge in [0, 0.05) is 16.8 Å². The van der Waals surface area contributed by atoms with Crippen molar-refractivity contribution in [2.45, 2.75) is 0 Å². The first kappa shape index (κ1) is 8.27. The number of hydrogen-bond donors (Lipinski definition) is 0. The summed E-state index contributed by atoms with van der Waals surface area (Å²) in [5, 5.41) is 0.717. The molecule has 0 amide bonds. The normalized spacial score (nSPS) is 9.92. The lowest BCUT2D eigenvalue weighted by Gasteiger charge is -2.01. The highest BCUT2D eigenvalue weighted by atomic mass is 35.5. The van der Waals surface area contributed by atoms with Crippen molar-refractivity contribution in [3.63, 3.8) is 0 Å². The number of nitrogens with zero attached hydrogens (tertiary/aromatic N) is 1. The smallest absolute Gasteiger partial charge is 0.0723 e. The summed E-state index contributed by atoms with van der Waals surface area (Å²) in [6, 6.07) is 14.2. The molecule has 0 atom stereocenters. The first-order valence-electron chi connectivity index (χ1n) is 3.95. The third-order valence-electron chi connectivity index (χ3n) is 1.75. The molecular weight excluding hydrogens is 182 g/mol. The summed E-state index contributed by atoms with van der Waals surface area (Å²) in [6.45, 7) is 0. The molecule has 1 heterocycles. The zero-order valence-corrected chi connectivity index (χ0v) is 7.62. The molecule has 0 N–H and O–H groups in total. The van der Waals surface area contributed by atoms with Crippen molar-refractivity contribution in [2.75, 3.05) is 0 Å². The molecule has 1 radical (unpaired) electrons. The van der Waals surface area contributed by atoms with Gasteiger partial charge >= 0.3 is 0 Å². The van der Waals surface area contributed by atoms with Gasteiger partial charge < -0.3 is 0 Å². The van der Waals surface area contributed by atoms with Crippen LogP contribution < -0.4 is 0 Å². The Hall–Kier alpha value is -1.34. The summed E-state index contributed by atoms with van der Waals surface area (Å²) >= 11 is 6.00. The van der Waals surface area contributed by atoms with Crippen LogP contribution in [-0.4, -0.2) is 4.98 Å². The molecule has 0 aliphatic carbocycles. The second-order valence-electron chi connectivity index (χ2n) is 2.62. The maximum atomic E-state index is 6.00. The first-order chi connectivity index (χ1) is 6.38. The van der Waals surface area contributed by atoms with Crippen molar-refractivity contribution < 1.29 is 0 Å². The number of rotatable bonds is 1. The average molecular weight is 189 g/mol. The molecule has 2 rings (SSSR count). The van der Waals surface area contributed by atoms with Gasteiger partial charge in [-0.05, 0) is 24.3 Å². The third-order valence-corrected chi connectivity index (χ3v) is 2.08. The standard InChI is InChI=1S/C11H7ClN/c12-10-6-2-1-5-9(10)11-7-3-4-8-13-11/h1-2,4-8H. The van der Waals surface area contributed by atoms with Gasteiger partial charge in [-0.3, -0.25) is 4.98 Å². The topological polar surface area (TPSA) is 12.9 Å². The second kappa shape index (κ2) is 3.58. The molecule has 0 fully saturated rings. The fourth-order valence-electron chi connectivity index (χ4n) is 1.14. The van der Waals surface area contributed by atoms with Crippen LogP contribution in [0.25, 0.3) is 11.3 Å². The van der Waals surface area contributed by atoms with E-state index in [1.54, 1.807) is 12.3 Å². The van der Waals surface area contributed by atoms with Gasteiger partial charge in [0.05, 0.1) is 5.69 Å². The van der Waals surface area contributed by atoms with Crippen LogP contribution in [-0.2, 0) is 0 Å². The van der Waals surface area contributed by atoms with E-state index in [2.05, 4.69) is 11.1 Å². The van der Waals surface area contributed by atoms with Crippen LogP contribution >= 0.6 is 11.6 Å². The van der Waals surface area contributed by atoms with Gasteiger partial charge in [-0.1, -0.05) is 29.8 Å². The monoisotopic (exact) mass is 188 g/mol. The van der Waals surface area contributed by atoms with E-state index in [-0.39, 0.29) is 0 Å². The van der Waals surface area contributed by atoms with Crippen molar-refractivity contribution in [1.82, 2.24) is 4.98 Å². The molecule has 0 aliphatic heterocycles. The lowest BCUT2D eigenvalue weighted by atomic mass is 10.1. The molecule has 0 saturated heterocycles. The van der Waals surface area contributed by atoms with E-state index in [9.17, 15) is 0 Å². The van der Waals surface area contributed by atoms with Crippen molar-refractivity contribution in [3.8, 4) is 11.3 Å². The Balaban J connectivity index is 2.54. The minimum atomic E-state index is 0.717. The maximum absolute atomic E-state index is 6.00. The lowest BCUT2D eigenvalue weighted by molar-refractivity contribution is 1.32. The van der Waals surface area contributed by atoms with Crippen LogP contribution in [0, 0.1) is 6.07 Å². The van der Waals surface area contributed by atoms with Gasteiger partial charge in [0.15, 0.2) is 0 Å². The van der Waals surface area contributed by atoms with Crippen LogP contribution in [0.4, 0.5) is 0 Å². The highest BCUT2D eigenvalue weighted by molar-refractivity contribution is 6.33. The molecule has 13 heavy (non-hydrogen) atoms. The van der Waals surface area contributed by atoms with Gasteiger partial charge in [-0.25, -0.2) is 0 Å². The zero-order valence-electron chi connectivity index (χ0n) is 6.87. The van der Waals surface area contributed by atoms with Gasteiger partial charge in [0.1, 0.15) is 0 Å². The summed E-state index contributed by atoms with van der Waals surface area (Å²) in [7, 11) is 0. The number of pyridine rings is 1. The summed E-state index contributed by atoms with van der Waals surface area (Å²) in [4.78, 5) is 4.19. The van der Waals surface area contributed by atoms with E-state index in [1.165, 1.54) is 0 Å². The minimum absolute atomic E-state index is 0.717. The molecular formula is C11H7ClN. The Labute approximate surface area is 82.0 Å². The van der Waals surface area contributed by atoms with Gasteiger partial charge in [-0.2, -0.15) is 0 Å². The van der Waals surface area contributed by atoms with E-state index < -0.39 is 0 Å². The van der Waals surface area contributed by atoms with E-state index >= 15 is 0 Å². The van der Waals surface area contributed by atoms with Crippen molar-refractivity contribution in [3.05, 3.63) is 53.7 Å². The minimum Gasteiger partial charge on any atom is -0.256 e. The maximum Gasteiger partial charge on any atom is 0.0723 e. The van der Waals surface area contributed by atoms with E-state index in [1.807, 2.05) is 30.3 Å². The van der Waals surface area contributed by atoms with Gasteiger partial charge in [0.25, 0.3) is 0 Å². The molecule has 0 spiro atoms. The molecule has 1 nitrogen and oxygen atoms in total. The quantitative estimate of drug-likeness (QED) is 0.670. The Morgan fingerprint density at radius 2 is 2.08 bits per heavy atom. The molecule has 0 unspecified atom stereocenters. The average Bonchev–Trinajstić information content (AvgIpc) is 2.20. The first-order valence-corrected chi connectivity index (χ1v) is 4.33. The van der Waals surface area contributed by atoms with Crippen LogP contribution in [0.5, 0.6) is 0 Å². The second-order valence-corrected chi connectivity index (χ2v) is 3.03. The zero-order chi connectivity index (χ0) is 9.10. The molecule has 0 saturated carbocycles. The van der Waals surface area contributed by atoms with Gasteiger partial charge in [0.2, 0.25) is 0 Å². The van der Waals surface area contributed by atoms with Crippen molar-refractivity contribution in [2.24, 2.45) is 0 Å².